The maximum absolute atomic E-state index is 6.07. The van der Waals surface area contributed by atoms with Crippen molar-refractivity contribution < 1.29 is 14.2 Å². The molecule has 0 aliphatic heterocycles. The van der Waals surface area contributed by atoms with Gasteiger partial charge in [0, 0.05) is 6.54 Å². The summed E-state index contributed by atoms with van der Waals surface area (Å²) in [5, 5.41) is 0. The second-order valence-corrected chi connectivity index (χ2v) is 8.06. The number of nitrogens with zero attached hydrogens (tertiary/aromatic N) is 2. The third-order valence-electron chi connectivity index (χ3n) is 5.50. The minimum absolute atomic E-state index is 0.426. The van der Waals surface area contributed by atoms with Gasteiger partial charge in [0.15, 0.2) is 0 Å². The molecule has 3 aromatic carbocycles. The van der Waals surface area contributed by atoms with Gasteiger partial charge in [-0.3, -0.25) is 0 Å². The van der Waals surface area contributed by atoms with Gasteiger partial charge in [0.25, 0.3) is 0 Å². The van der Waals surface area contributed by atoms with Crippen molar-refractivity contribution in [3.63, 3.8) is 0 Å². The van der Waals surface area contributed by atoms with Crippen molar-refractivity contribution in [1.82, 2.24) is 9.55 Å². The summed E-state index contributed by atoms with van der Waals surface area (Å²) in [4.78, 5) is 4.81. The first-order valence-electron chi connectivity index (χ1n) is 11.1. The van der Waals surface area contributed by atoms with Gasteiger partial charge < -0.3 is 18.8 Å². The lowest BCUT2D eigenvalue weighted by molar-refractivity contribution is 0.280. The fourth-order valence-electron chi connectivity index (χ4n) is 3.67. The van der Waals surface area contributed by atoms with Crippen LogP contribution in [-0.2, 0) is 13.2 Å². The van der Waals surface area contributed by atoms with Gasteiger partial charge in [-0.2, -0.15) is 0 Å². The van der Waals surface area contributed by atoms with Gasteiger partial charge in [0.05, 0.1) is 24.8 Å². The zero-order valence-corrected chi connectivity index (χ0v) is 19.0. The Balaban J connectivity index is 1.40. The van der Waals surface area contributed by atoms with Crippen LogP contribution in [0.5, 0.6) is 17.2 Å². The maximum atomic E-state index is 6.07. The lowest BCUT2D eigenvalue weighted by atomic mass is 10.0. The molecule has 5 nitrogen and oxygen atoms in total. The molecule has 1 aromatic heterocycles. The van der Waals surface area contributed by atoms with Crippen LogP contribution in [0.3, 0.4) is 0 Å². The standard InChI is InChI=1S/C27H30N2O3/c1-20(2)21-9-11-24(12-10-21)32-19-27-28-25-7-4-5-8-26(25)29(27)17-6-18-31-23-15-13-22(30-3)14-16-23/h4-5,7-16,20H,6,17-19H2,1-3H3. The first kappa shape index (κ1) is 21.8. The van der Waals surface area contributed by atoms with Crippen LogP contribution in [-0.4, -0.2) is 23.3 Å². The van der Waals surface area contributed by atoms with Crippen molar-refractivity contribution >= 4 is 11.0 Å². The van der Waals surface area contributed by atoms with E-state index in [4.69, 9.17) is 19.2 Å². The van der Waals surface area contributed by atoms with Crippen molar-refractivity contribution in [2.24, 2.45) is 0 Å². The monoisotopic (exact) mass is 430 g/mol. The molecule has 0 aliphatic carbocycles. The van der Waals surface area contributed by atoms with E-state index in [-0.39, 0.29) is 0 Å². The van der Waals surface area contributed by atoms with Gasteiger partial charge in [-0.15, -0.1) is 0 Å². The molecule has 4 rings (SSSR count). The van der Waals surface area contributed by atoms with Gasteiger partial charge in [-0.1, -0.05) is 38.1 Å². The molecule has 0 bridgehead atoms. The zero-order valence-electron chi connectivity index (χ0n) is 19.0. The largest absolute Gasteiger partial charge is 0.497 e. The number of methoxy groups -OCH3 is 1. The Hall–Kier alpha value is -3.47. The van der Waals surface area contributed by atoms with Crippen molar-refractivity contribution in [3.05, 3.63) is 84.2 Å². The van der Waals surface area contributed by atoms with Crippen LogP contribution < -0.4 is 14.2 Å². The summed E-state index contributed by atoms with van der Waals surface area (Å²) in [5.41, 5.74) is 3.41. The van der Waals surface area contributed by atoms with Crippen molar-refractivity contribution in [3.8, 4) is 17.2 Å². The molecule has 0 N–H and O–H groups in total. The van der Waals surface area contributed by atoms with E-state index in [9.17, 15) is 0 Å². The molecular formula is C27H30N2O3. The number of fused-ring (bicyclic) bond motifs is 1. The fourth-order valence-corrected chi connectivity index (χ4v) is 3.67. The Labute approximate surface area is 189 Å². The number of hydrogen-bond donors (Lipinski definition) is 0. The van der Waals surface area contributed by atoms with E-state index < -0.39 is 0 Å². The van der Waals surface area contributed by atoms with Crippen LogP contribution in [0, 0.1) is 0 Å². The highest BCUT2D eigenvalue weighted by Gasteiger charge is 2.11. The van der Waals surface area contributed by atoms with Gasteiger partial charge in [-0.05, 0) is 66.4 Å². The molecule has 166 valence electrons. The molecule has 0 fully saturated rings. The van der Waals surface area contributed by atoms with Crippen molar-refractivity contribution in [1.29, 1.82) is 0 Å². The van der Waals surface area contributed by atoms with E-state index in [0.717, 1.165) is 47.1 Å². The molecule has 0 spiro atoms. The molecule has 0 saturated carbocycles. The Kier molecular flexibility index (Phi) is 6.95. The van der Waals surface area contributed by atoms with Gasteiger partial charge in [0.1, 0.15) is 29.7 Å². The van der Waals surface area contributed by atoms with E-state index in [2.05, 4.69) is 36.6 Å². The number of benzene rings is 3. The lowest BCUT2D eigenvalue weighted by Gasteiger charge is -2.12. The number of ether oxygens (including phenoxy) is 3. The number of aryl methyl sites for hydroxylation is 1. The second-order valence-electron chi connectivity index (χ2n) is 8.06. The highest BCUT2D eigenvalue weighted by Crippen LogP contribution is 2.22. The van der Waals surface area contributed by atoms with E-state index in [0.29, 0.717) is 19.1 Å². The smallest absolute Gasteiger partial charge is 0.147 e. The average Bonchev–Trinajstić information content (AvgIpc) is 3.18. The van der Waals surface area contributed by atoms with E-state index in [1.807, 2.05) is 54.6 Å². The van der Waals surface area contributed by atoms with Crippen LogP contribution in [0.15, 0.2) is 72.8 Å². The Morgan fingerprint density at radius 3 is 2.19 bits per heavy atom. The van der Waals surface area contributed by atoms with Crippen LogP contribution in [0.1, 0.15) is 37.6 Å². The highest BCUT2D eigenvalue weighted by molar-refractivity contribution is 5.75. The fraction of sp³-hybridized carbons (Fsp3) is 0.296. The van der Waals surface area contributed by atoms with Crippen LogP contribution in [0.2, 0.25) is 0 Å². The lowest BCUT2D eigenvalue weighted by Crippen LogP contribution is -2.10. The zero-order chi connectivity index (χ0) is 22.3. The average molecular weight is 431 g/mol. The summed E-state index contributed by atoms with van der Waals surface area (Å²) in [6, 6.07) is 24.2. The molecular weight excluding hydrogens is 400 g/mol. The van der Waals surface area contributed by atoms with Crippen LogP contribution in [0.25, 0.3) is 11.0 Å². The summed E-state index contributed by atoms with van der Waals surface area (Å²) >= 11 is 0. The second kappa shape index (κ2) is 10.2. The molecule has 4 aromatic rings. The van der Waals surface area contributed by atoms with Crippen LogP contribution >= 0.6 is 0 Å². The summed E-state index contributed by atoms with van der Waals surface area (Å²) < 4.78 is 19.4. The molecule has 0 unspecified atom stereocenters. The molecule has 5 heteroatoms. The quantitative estimate of drug-likeness (QED) is 0.280. The van der Waals surface area contributed by atoms with Gasteiger partial charge >= 0.3 is 0 Å². The van der Waals surface area contributed by atoms with Crippen molar-refractivity contribution in [2.75, 3.05) is 13.7 Å². The summed E-state index contributed by atoms with van der Waals surface area (Å²) in [6.45, 7) is 6.24. The topological polar surface area (TPSA) is 45.5 Å². The van der Waals surface area contributed by atoms with Crippen LogP contribution in [0.4, 0.5) is 0 Å². The van der Waals surface area contributed by atoms with Gasteiger partial charge in [-0.25, -0.2) is 4.98 Å². The number of para-hydroxylation sites is 2. The molecule has 1 heterocycles. The summed E-state index contributed by atoms with van der Waals surface area (Å²) in [6.07, 6.45) is 0.864. The molecule has 32 heavy (non-hydrogen) atoms. The molecule has 0 atom stereocenters. The van der Waals surface area contributed by atoms with E-state index in [1.54, 1.807) is 7.11 Å². The number of imidazole rings is 1. The third kappa shape index (κ3) is 5.22. The molecule has 0 saturated heterocycles. The first-order chi connectivity index (χ1) is 15.6. The minimum atomic E-state index is 0.426. The Morgan fingerprint density at radius 1 is 0.812 bits per heavy atom. The Bertz CT molecular complexity index is 1130. The minimum Gasteiger partial charge on any atom is -0.497 e. The number of hydrogen-bond acceptors (Lipinski definition) is 4. The highest BCUT2D eigenvalue weighted by atomic mass is 16.5. The Morgan fingerprint density at radius 2 is 1.47 bits per heavy atom. The SMILES string of the molecule is COc1ccc(OCCCn2c(COc3ccc(C(C)C)cc3)nc3ccccc32)cc1. The number of aromatic nitrogens is 2. The predicted octanol–water partition coefficient (Wildman–Crippen LogP) is 6.22. The predicted molar refractivity (Wildman–Crippen MR) is 128 cm³/mol. The summed E-state index contributed by atoms with van der Waals surface area (Å²) in [5.74, 6) is 3.95. The molecule has 0 radical (unpaired) electrons. The van der Waals surface area contributed by atoms with E-state index >= 15 is 0 Å². The van der Waals surface area contributed by atoms with Crippen molar-refractivity contribution in [2.45, 2.75) is 39.3 Å². The maximum Gasteiger partial charge on any atom is 0.147 e. The molecule has 0 amide bonds. The summed E-state index contributed by atoms with van der Waals surface area (Å²) in [7, 11) is 1.66. The molecule has 0 aliphatic rings. The first-order valence-corrected chi connectivity index (χ1v) is 11.1. The normalized spacial score (nSPS) is 11.1. The third-order valence-corrected chi connectivity index (χ3v) is 5.50. The number of rotatable bonds is 10. The van der Waals surface area contributed by atoms with E-state index in [1.165, 1.54) is 5.56 Å². The van der Waals surface area contributed by atoms with Gasteiger partial charge in [0.2, 0.25) is 0 Å².